The third-order valence-electron chi connectivity index (χ3n) is 5.21. The maximum absolute atomic E-state index is 13.3. The van der Waals surface area contributed by atoms with E-state index >= 15 is 0 Å². The van der Waals surface area contributed by atoms with Gasteiger partial charge in [0.15, 0.2) is 0 Å². The number of hydrogen-bond donors (Lipinski definition) is 1. The molecule has 0 bridgehead atoms. The number of carbonyl (C=O) groups excluding carboxylic acids is 2. The number of rotatable bonds is 4. The molecule has 3 amide bonds. The van der Waals surface area contributed by atoms with Crippen molar-refractivity contribution in [2.75, 3.05) is 18.4 Å². The molecule has 162 valence electrons. The van der Waals surface area contributed by atoms with Gasteiger partial charge in [-0.15, -0.1) is 0 Å². The van der Waals surface area contributed by atoms with Gasteiger partial charge in [-0.25, -0.2) is 4.79 Å². The van der Waals surface area contributed by atoms with Crippen LogP contribution in [0.1, 0.15) is 36.8 Å². The molecule has 6 nitrogen and oxygen atoms in total. The van der Waals surface area contributed by atoms with Crippen LogP contribution in [0.3, 0.4) is 0 Å². The van der Waals surface area contributed by atoms with Crippen LogP contribution in [0.5, 0.6) is 0 Å². The van der Waals surface area contributed by atoms with Crippen LogP contribution in [0, 0.1) is 6.92 Å². The van der Waals surface area contributed by atoms with Gasteiger partial charge in [0.1, 0.15) is 11.5 Å². The molecule has 9 heteroatoms. The summed E-state index contributed by atoms with van der Waals surface area (Å²) in [5.41, 5.74) is -1.20. The Morgan fingerprint density at radius 1 is 1.17 bits per heavy atom. The van der Waals surface area contributed by atoms with Gasteiger partial charge in [-0.3, -0.25) is 4.79 Å². The van der Waals surface area contributed by atoms with Gasteiger partial charge in [0.25, 0.3) is 0 Å². The van der Waals surface area contributed by atoms with E-state index in [1.165, 1.54) is 30.0 Å². The summed E-state index contributed by atoms with van der Waals surface area (Å²) in [5.74, 6) is 1.19. The molecule has 0 saturated carbocycles. The molecule has 1 aromatic heterocycles. The molecule has 1 N–H and O–H groups in total. The summed E-state index contributed by atoms with van der Waals surface area (Å²) in [5, 5.41) is 2.42. The largest absolute Gasteiger partial charge is 0.464 e. The molecule has 1 fully saturated rings. The molecule has 0 atom stereocenters. The van der Waals surface area contributed by atoms with Gasteiger partial charge < -0.3 is 19.5 Å². The summed E-state index contributed by atoms with van der Waals surface area (Å²) in [6, 6.07) is 7.52. The fraction of sp³-hybridized carbons (Fsp3) is 0.429. The Labute approximate surface area is 172 Å². The second kappa shape index (κ2) is 8.81. The molecule has 0 unspecified atom stereocenters. The standard InChI is InChI=1S/C21H24F3N3O3/c1-14-7-8-17(30-14)13-27(16-9-11-26(12-10-16)15(2)28)20(29)25-19-6-4-3-5-18(19)21(22,23)24/h3-8,16H,9-13H2,1-2H3,(H,25,29). The molecular weight excluding hydrogens is 399 g/mol. The maximum Gasteiger partial charge on any atom is 0.418 e. The van der Waals surface area contributed by atoms with Crippen LogP contribution >= 0.6 is 0 Å². The SMILES string of the molecule is CC(=O)N1CCC(N(Cc2ccc(C)o2)C(=O)Nc2ccccc2C(F)(F)F)CC1. The van der Waals surface area contributed by atoms with Crippen molar-refractivity contribution in [1.82, 2.24) is 9.80 Å². The highest BCUT2D eigenvalue weighted by Crippen LogP contribution is 2.35. The van der Waals surface area contributed by atoms with E-state index in [-0.39, 0.29) is 24.2 Å². The van der Waals surface area contributed by atoms with E-state index in [4.69, 9.17) is 4.42 Å². The third kappa shape index (κ3) is 5.14. The first-order valence-corrected chi connectivity index (χ1v) is 9.70. The number of aryl methyl sites for hydroxylation is 1. The molecule has 1 aliphatic rings. The van der Waals surface area contributed by atoms with Crippen molar-refractivity contribution in [3.8, 4) is 0 Å². The van der Waals surface area contributed by atoms with Crippen LogP contribution in [0.15, 0.2) is 40.8 Å². The maximum atomic E-state index is 13.3. The number of hydrogen-bond acceptors (Lipinski definition) is 3. The van der Waals surface area contributed by atoms with E-state index in [1.807, 2.05) is 0 Å². The molecule has 1 saturated heterocycles. The van der Waals surface area contributed by atoms with Crippen molar-refractivity contribution < 1.29 is 27.2 Å². The number of anilines is 1. The number of amides is 3. The number of likely N-dealkylation sites (tertiary alicyclic amines) is 1. The number of carbonyl (C=O) groups is 2. The summed E-state index contributed by atoms with van der Waals surface area (Å²) in [4.78, 5) is 27.8. The quantitative estimate of drug-likeness (QED) is 0.778. The molecule has 30 heavy (non-hydrogen) atoms. The van der Waals surface area contributed by atoms with Crippen molar-refractivity contribution in [2.24, 2.45) is 0 Å². The first-order valence-electron chi connectivity index (χ1n) is 9.70. The number of piperidine rings is 1. The summed E-state index contributed by atoms with van der Waals surface area (Å²) in [6.07, 6.45) is -3.51. The van der Waals surface area contributed by atoms with Crippen LogP contribution in [-0.4, -0.2) is 40.9 Å². The Balaban J connectivity index is 1.81. The predicted molar refractivity (Wildman–Crippen MR) is 105 cm³/mol. The van der Waals surface area contributed by atoms with Gasteiger partial charge in [0.05, 0.1) is 17.8 Å². The lowest BCUT2D eigenvalue weighted by Gasteiger charge is -2.38. The Hall–Kier alpha value is -2.97. The lowest BCUT2D eigenvalue weighted by molar-refractivity contribution is -0.137. The Kier molecular flexibility index (Phi) is 6.38. The summed E-state index contributed by atoms with van der Waals surface area (Å²) in [6.45, 7) is 4.36. The number of urea groups is 1. The number of nitrogens with one attached hydrogen (secondary N) is 1. The van der Waals surface area contributed by atoms with Crippen molar-refractivity contribution >= 4 is 17.6 Å². The van der Waals surface area contributed by atoms with Gasteiger partial charge in [-0.05, 0) is 44.0 Å². The highest BCUT2D eigenvalue weighted by molar-refractivity contribution is 5.90. The topological polar surface area (TPSA) is 65.8 Å². The minimum absolute atomic E-state index is 0.0368. The predicted octanol–water partition coefficient (Wildman–Crippen LogP) is 4.65. The molecule has 3 rings (SSSR count). The number of alkyl halides is 3. The van der Waals surface area contributed by atoms with Gasteiger partial charge in [0, 0.05) is 26.1 Å². The molecule has 2 heterocycles. The summed E-state index contributed by atoms with van der Waals surface area (Å²) >= 11 is 0. The Bertz CT molecular complexity index is 902. The number of halogens is 3. The number of benzene rings is 1. The number of furan rings is 1. The van der Waals surface area contributed by atoms with Crippen LogP contribution in [0.2, 0.25) is 0 Å². The molecular formula is C21H24F3N3O3. The smallest absolute Gasteiger partial charge is 0.418 e. The van der Waals surface area contributed by atoms with E-state index in [1.54, 1.807) is 24.0 Å². The minimum atomic E-state index is -4.58. The summed E-state index contributed by atoms with van der Waals surface area (Å²) in [7, 11) is 0. The van der Waals surface area contributed by atoms with E-state index in [0.29, 0.717) is 37.5 Å². The molecule has 1 aliphatic heterocycles. The second-order valence-corrected chi connectivity index (χ2v) is 7.35. The average Bonchev–Trinajstić information content (AvgIpc) is 3.10. The average molecular weight is 423 g/mol. The fourth-order valence-electron chi connectivity index (χ4n) is 3.62. The minimum Gasteiger partial charge on any atom is -0.464 e. The fourth-order valence-corrected chi connectivity index (χ4v) is 3.62. The zero-order chi connectivity index (χ0) is 21.9. The third-order valence-corrected chi connectivity index (χ3v) is 5.21. The Morgan fingerprint density at radius 3 is 2.40 bits per heavy atom. The summed E-state index contributed by atoms with van der Waals surface area (Å²) < 4.78 is 45.5. The first kappa shape index (κ1) is 21.7. The highest BCUT2D eigenvalue weighted by atomic mass is 19.4. The second-order valence-electron chi connectivity index (χ2n) is 7.35. The molecule has 1 aromatic carbocycles. The molecule has 0 radical (unpaired) electrons. The first-order chi connectivity index (χ1) is 14.1. The van der Waals surface area contributed by atoms with Gasteiger partial charge in [0.2, 0.25) is 5.91 Å². The lowest BCUT2D eigenvalue weighted by atomic mass is 10.0. The zero-order valence-corrected chi connectivity index (χ0v) is 16.8. The van der Waals surface area contributed by atoms with Crippen LogP contribution < -0.4 is 5.32 Å². The molecule has 0 spiro atoms. The van der Waals surface area contributed by atoms with Gasteiger partial charge in [-0.2, -0.15) is 13.2 Å². The van der Waals surface area contributed by atoms with E-state index in [9.17, 15) is 22.8 Å². The van der Waals surface area contributed by atoms with Gasteiger partial charge >= 0.3 is 12.2 Å². The molecule has 2 aromatic rings. The van der Waals surface area contributed by atoms with E-state index < -0.39 is 17.8 Å². The molecule has 0 aliphatic carbocycles. The Morgan fingerprint density at radius 2 is 1.83 bits per heavy atom. The van der Waals surface area contributed by atoms with Crippen molar-refractivity contribution in [3.05, 3.63) is 53.5 Å². The van der Waals surface area contributed by atoms with Gasteiger partial charge in [-0.1, -0.05) is 12.1 Å². The lowest BCUT2D eigenvalue weighted by Crippen LogP contribution is -2.49. The van der Waals surface area contributed by atoms with Crippen molar-refractivity contribution in [3.63, 3.8) is 0 Å². The zero-order valence-electron chi connectivity index (χ0n) is 16.8. The number of nitrogens with zero attached hydrogens (tertiary/aromatic N) is 2. The monoisotopic (exact) mass is 423 g/mol. The van der Waals surface area contributed by atoms with Crippen molar-refractivity contribution in [1.29, 1.82) is 0 Å². The highest BCUT2D eigenvalue weighted by Gasteiger charge is 2.35. The van der Waals surface area contributed by atoms with E-state index in [0.717, 1.165) is 6.07 Å². The van der Waals surface area contributed by atoms with Crippen LogP contribution in [0.25, 0.3) is 0 Å². The van der Waals surface area contributed by atoms with E-state index in [2.05, 4.69) is 5.32 Å². The van der Waals surface area contributed by atoms with Crippen LogP contribution in [0.4, 0.5) is 23.7 Å². The normalized spacial score (nSPS) is 15.2. The van der Waals surface area contributed by atoms with Crippen LogP contribution in [-0.2, 0) is 17.5 Å². The number of para-hydroxylation sites is 1. The van der Waals surface area contributed by atoms with Crippen molar-refractivity contribution in [2.45, 2.75) is 45.5 Å².